The fraction of sp³-hybridized carbons (Fsp3) is 0.571. The van der Waals surface area contributed by atoms with Crippen LogP contribution in [0.25, 0.3) is 0 Å². The van der Waals surface area contributed by atoms with Crippen molar-refractivity contribution in [3.8, 4) is 0 Å². The van der Waals surface area contributed by atoms with Gasteiger partial charge >= 0.3 is 0 Å². The highest BCUT2D eigenvalue weighted by molar-refractivity contribution is 5.37. The van der Waals surface area contributed by atoms with E-state index in [2.05, 4.69) is 30.4 Å². The third-order valence-electron chi connectivity index (χ3n) is 3.57. The molecule has 2 heteroatoms. The Hall–Kier alpha value is -0.860. The van der Waals surface area contributed by atoms with Crippen molar-refractivity contribution in [1.82, 2.24) is 5.32 Å². The van der Waals surface area contributed by atoms with Gasteiger partial charge in [0, 0.05) is 6.54 Å². The molecule has 16 heavy (non-hydrogen) atoms. The molecule has 0 heterocycles. The first kappa shape index (κ1) is 11.6. The van der Waals surface area contributed by atoms with Crippen molar-refractivity contribution in [2.75, 3.05) is 13.6 Å². The molecule has 0 aromatic heterocycles. The van der Waals surface area contributed by atoms with Gasteiger partial charge in [0.2, 0.25) is 0 Å². The van der Waals surface area contributed by atoms with E-state index in [1.807, 2.05) is 7.05 Å². The number of hydrogen-bond donors (Lipinski definition) is 2. The highest BCUT2D eigenvalue weighted by Crippen LogP contribution is 2.32. The first-order chi connectivity index (χ1) is 7.72. The van der Waals surface area contributed by atoms with Crippen LogP contribution in [0.5, 0.6) is 0 Å². The summed E-state index contributed by atoms with van der Waals surface area (Å²) in [5.74, 6) is 0.644. The third-order valence-corrected chi connectivity index (χ3v) is 3.57. The predicted octanol–water partition coefficient (Wildman–Crippen LogP) is 2.38. The Balaban J connectivity index is 2.26. The quantitative estimate of drug-likeness (QED) is 0.818. The molecule has 0 saturated carbocycles. The van der Waals surface area contributed by atoms with Crippen molar-refractivity contribution < 1.29 is 5.11 Å². The number of likely N-dealkylation sites (N-methyl/N-ethyl adjacent to an activating group) is 1. The fourth-order valence-corrected chi connectivity index (χ4v) is 2.57. The van der Waals surface area contributed by atoms with E-state index in [1.54, 1.807) is 0 Å². The summed E-state index contributed by atoms with van der Waals surface area (Å²) >= 11 is 0. The molecule has 0 radical (unpaired) electrons. The summed E-state index contributed by atoms with van der Waals surface area (Å²) in [5, 5.41) is 13.0. The number of hydrogen-bond acceptors (Lipinski definition) is 2. The zero-order chi connectivity index (χ0) is 11.5. The SMILES string of the molecule is CNCC(O)c1ccc2c(c1)C(C)CCC2. The molecule has 0 amide bonds. The van der Waals surface area contributed by atoms with Crippen LogP contribution in [-0.2, 0) is 6.42 Å². The van der Waals surface area contributed by atoms with Crippen molar-refractivity contribution in [1.29, 1.82) is 0 Å². The number of aliphatic hydroxyl groups is 1. The van der Waals surface area contributed by atoms with Crippen molar-refractivity contribution in [3.05, 3.63) is 34.9 Å². The van der Waals surface area contributed by atoms with Crippen molar-refractivity contribution >= 4 is 0 Å². The van der Waals surface area contributed by atoms with Crippen LogP contribution >= 0.6 is 0 Å². The Morgan fingerprint density at radius 3 is 3.06 bits per heavy atom. The lowest BCUT2D eigenvalue weighted by atomic mass is 9.82. The monoisotopic (exact) mass is 219 g/mol. The Bertz CT molecular complexity index is 362. The number of rotatable bonds is 3. The molecule has 2 N–H and O–H groups in total. The summed E-state index contributed by atoms with van der Waals surface area (Å²) in [6.45, 7) is 2.90. The van der Waals surface area contributed by atoms with Gasteiger partial charge in [-0.15, -0.1) is 0 Å². The summed E-state index contributed by atoms with van der Waals surface area (Å²) in [4.78, 5) is 0. The Labute approximate surface area is 97.7 Å². The highest BCUT2D eigenvalue weighted by atomic mass is 16.3. The van der Waals surface area contributed by atoms with Gasteiger partial charge in [0.05, 0.1) is 6.10 Å². The maximum Gasteiger partial charge on any atom is 0.0914 e. The Morgan fingerprint density at radius 2 is 2.31 bits per heavy atom. The van der Waals surface area contributed by atoms with Crippen LogP contribution in [-0.4, -0.2) is 18.7 Å². The van der Waals surface area contributed by atoms with Crippen molar-refractivity contribution in [2.24, 2.45) is 0 Å². The minimum Gasteiger partial charge on any atom is -0.387 e. The van der Waals surface area contributed by atoms with E-state index >= 15 is 0 Å². The number of aliphatic hydroxyl groups excluding tert-OH is 1. The van der Waals surface area contributed by atoms with Gasteiger partial charge in [-0.3, -0.25) is 0 Å². The minimum atomic E-state index is -0.385. The molecular formula is C14H21NO. The van der Waals surface area contributed by atoms with Gasteiger partial charge in [0.15, 0.2) is 0 Å². The fourth-order valence-electron chi connectivity index (χ4n) is 2.57. The third kappa shape index (κ3) is 2.28. The Morgan fingerprint density at radius 1 is 1.50 bits per heavy atom. The second-order valence-electron chi connectivity index (χ2n) is 4.83. The van der Waals surface area contributed by atoms with Gasteiger partial charge in [-0.2, -0.15) is 0 Å². The maximum atomic E-state index is 9.95. The molecule has 2 unspecified atom stereocenters. The first-order valence-corrected chi connectivity index (χ1v) is 6.17. The van der Waals surface area contributed by atoms with Crippen LogP contribution < -0.4 is 5.32 Å². The normalized spacial score (nSPS) is 21.6. The van der Waals surface area contributed by atoms with E-state index in [-0.39, 0.29) is 6.10 Å². The van der Waals surface area contributed by atoms with E-state index in [0.717, 1.165) is 5.56 Å². The van der Waals surface area contributed by atoms with Gasteiger partial charge in [-0.05, 0) is 48.9 Å². The molecule has 1 aromatic carbocycles. The van der Waals surface area contributed by atoms with Gasteiger partial charge < -0.3 is 10.4 Å². The second kappa shape index (κ2) is 4.98. The topological polar surface area (TPSA) is 32.3 Å². The molecule has 1 aliphatic carbocycles. The molecular weight excluding hydrogens is 198 g/mol. The lowest BCUT2D eigenvalue weighted by Gasteiger charge is -2.24. The average molecular weight is 219 g/mol. The molecule has 1 aromatic rings. The minimum absolute atomic E-state index is 0.385. The lowest BCUT2D eigenvalue weighted by molar-refractivity contribution is 0.177. The summed E-state index contributed by atoms with van der Waals surface area (Å²) in [6, 6.07) is 6.46. The van der Waals surface area contributed by atoms with Crippen LogP contribution in [0.15, 0.2) is 18.2 Å². The molecule has 0 saturated heterocycles. The van der Waals surface area contributed by atoms with E-state index in [1.165, 1.54) is 30.4 Å². The van der Waals surface area contributed by atoms with Crippen molar-refractivity contribution in [3.63, 3.8) is 0 Å². The molecule has 2 rings (SSSR count). The average Bonchev–Trinajstić information content (AvgIpc) is 2.29. The summed E-state index contributed by atoms with van der Waals surface area (Å²) < 4.78 is 0. The predicted molar refractivity (Wildman–Crippen MR) is 66.7 cm³/mol. The van der Waals surface area contributed by atoms with Crippen LogP contribution in [0, 0.1) is 0 Å². The van der Waals surface area contributed by atoms with Gasteiger partial charge in [0.25, 0.3) is 0 Å². The standard InChI is InChI=1S/C14H21NO/c1-10-4-3-5-11-6-7-12(8-13(10)11)14(16)9-15-2/h6-8,10,14-16H,3-5,9H2,1-2H3. The van der Waals surface area contributed by atoms with E-state index in [9.17, 15) is 5.11 Å². The largest absolute Gasteiger partial charge is 0.387 e. The van der Waals surface area contributed by atoms with Crippen LogP contribution in [0.2, 0.25) is 0 Å². The number of benzene rings is 1. The van der Waals surface area contributed by atoms with Crippen molar-refractivity contribution in [2.45, 2.75) is 38.2 Å². The molecule has 1 aliphatic rings. The second-order valence-corrected chi connectivity index (χ2v) is 4.83. The summed E-state index contributed by atoms with van der Waals surface area (Å²) in [5.41, 5.74) is 3.96. The molecule has 88 valence electrons. The molecule has 0 aliphatic heterocycles. The smallest absolute Gasteiger partial charge is 0.0914 e. The van der Waals surface area contributed by atoms with E-state index in [4.69, 9.17) is 0 Å². The number of fused-ring (bicyclic) bond motifs is 1. The number of aryl methyl sites for hydroxylation is 1. The zero-order valence-corrected chi connectivity index (χ0v) is 10.2. The molecule has 0 spiro atoms. The summed E-state index contributed by atoms with van der Waals surface area (Å²) in [6.07, 6.45) is 3.39. The van der Waals surface area contributed by atoms with Gasteiger partial charge in [0.1, 0.15) is 0 Å². The van der Waals surface area contributed by atoms with E-state index in [0.29, 0.717) is 12.5 Å². The van der Waals surface area contributed by atoms with Crippen LogP contribution in [0.3, 0.4) is 0 Å². The molecule has 0 bridgehead atoms. The molecule has 2 atom stereocenters. The number of nitrogens with one attached hydrogen (secondary N) is 1. The lowest BCUT2D eigenvalue weighted by Crippen LogP contribution is -2.17. The van der Waals surface area contributed by atoms with Gasteiger partial charge in [-0.1, -0.05) is 25.1 Å². The molecule has 2 nitrogen and oxygen atoms in total. The summed E-state index contributed by atoms with van der Waals surface area (Å²) in [7, 11) is 1.87. The van der Waals surface area contributed by atoms with Crippen LogP contribution in [0.4, 0.5) is 0 Å². The molecule has 0 fully saturated rings. The maximum absolute atomic E-state index is 9.95. The van der Waals surface area contributed by atoms with E-state index < -0.39 is 0 Å². The first-order valence-electron chi connectivity index (χ1n) is 6.17. The van der Waals surface area contributed by atoms with Crippen LogP contribution in [0.1, 0.15) is 48.5 Å². The highest BCUT2D eigenvalue weighted by Gasteiger charge is 2.18. The Kier molecular flexibility index (Phi) is 3.62. The zero-order valence-electron chi connectivity index (χ0n) is 10.2. The van der Waals surface area contributed by atoms with Gasteiger partial charge in [-0.25, -0.2) is 0 Å².